The number of aromatic nitrogens is 4. The monoisotopic (exact) mass is 306 g/mol. The maximum absolute atomic E-state index is 12.2. The summed E-state index contributed by atoms with van der Waals surface area (Å²) in [6.45, 7) is 5.49. The highest BCUT2D eigenvalue weighted by atomic mass is 16.6. The highest BCUT2D eigenvalue weighted by Gasteiger charge is 2.23. The van der Waals surface area contributed by atoms with Crippen molar-refractivity contribution in [3.05, 3.63) is 39.5 Å². The molecule has 9 heteroatoms. The van der Waals surface area contributed by atoms with Gasteiger partial charge in [0.05, 0.1) is 11.1 Å². The summed E-state index contributed by atoms with van der Waals surface area (Å²) in [4.78, 5) is 22.5. The van der Waals surface area contributed by atoms with Crippen LogP contribution in [0.5, 0.6) is 0 Å². The average molecular weight is 306 g/mol. The number of nitro groups is 1. The number of rotatable bonds is 5. The van der Waals surface area contributed by atoms with E-state index in [1.165, 1.54) is 4.68 Å². The Bertz CT molecular complexity index is 717. The van der Waals surface area contributed by atoms with Gasteiger partial charge in [-0.15, -0.1) is 0 Å². The Hall–Kier alpha value is -2.71. The Kier molecular flexibility index (Phi) is 4.25. The Morgan fingerprint density at radius 1 is 1.36 bits per heavy atom. The summed E-state index contributed by atoms with van der Waals surface area (Å²) in [7, 11) is 1.83. The summed E-state index contributed by atoms with van der Waals surface area (Å²) in [5, 5.41) is 21.7. The third-order valence-corrected chi connectivity index (χ3v) is 3.75. The van der Waals surface area contributed by atoms with Crippen molar-refractivity contribution >= 4 is 11.6 Å². The largest absolute Gasteiger partial charge is 0.350 e. The normalized spacial score (nSPS) is 12.2. The molecule has 0 aliphatic rings. The molecule has 0 aromatic carbocycles. The van der Waals surface area contributed by atoms with Crippen molar-refractivity contribution in [1.82, 2.24) is 24.9 Å². The molecule has 1 amide bonds. The molecular formula is C13H18N6O3. The van der Waals surface area contributed by atoms with Crippen molar-refractivity contribution < 1.29 is 9.72 Å². The van der Waals surface area contributed by atoms with Gasteiger partial charge in [0, 0.05) is 24.8 Å². The zero-order valence-electron chi connectivity index (χ0n) is 12.9. The first-order valence-electron chi connectivity index (χ1n) is 6.76. The van der Waals surface area contributed by atoms with E-state index in [1.807, 2.05) is 14.0 Å². The summed E-state index contributed by atoms with van der Waals surface area (Å²) >= 11 is 0. The molecule has 1 unspecified atom stereocenters. The summed E-state index contributed by atoms with van der Waals surface area (Å²) in [6.07, 6.45) is 2.86. The van der Waals surface area contributed by atoms with Crippen LogP contribution >= 0.6 is 0 Å². The molecule has 0 bridgehead atoms. The van der Waals surface area contributed by atoms with E-state index >= 15 is 0 Å². The van der Waals surface area contributed by atoms with Crippen LogP contribution in [-0.4, -0.2) is 30.4 Å². The summed E-state index contributed by atoms with van der Waals surface area (Å²) < 4.78 is 3.08. The minimum atomic E-state index is -0.634. The fraction of sp³-hybridized carbons (Fsp3) is 0.462. The standard InChI is InChI=1S/C13H18N6O3/c1-8-11(6-15-17(8)4)5-14-13(20)10(3)18-9(2)12(7-16-18)19(21)22/h6-7,10H,5H2,1-4H3,(H,14,20). The smallest absolute Gasteiger partial charge is 0.309 e. The van der Waals surface area contributed by atoms with Crippen LogP contribution in [0, 0.1) is 24.0 Å². The first-order valence-corrected chi connectivity index (χ1v) is 6.76. The predicted molar refractivity (Wildman–Crippen MR) is 78.1 cm³/mol. The molecule has 0 saturated heterocycles. The maximum Gasteiger partial charge on any atom is 0.309 e. The van der Waals surface area contributed by atoms with Crippen molar-refractivity contribution in [2.45, 2.75) is 33.4 Å². The third-order valence-electron chi connectivity index (χ3n) is 3.75. The van der Waals surface area contributed by atoms with E-state index in [4.69, 9.17) is 0 Å². The molecule has 1 N–H and O–H groups in total. The highest BCUT2D eigenvalue weighted by molar-refractivity contribution is 5.80. The number of carbonyl (C=O) groups excluding carboxylic acids is 1. The molecule has 9 nitrogen and oxygen atoms in total. The van der Waals surface area contributed by atoms with Gasteiger partial charge in [0.25, 0.3) is 0 Å². The highest BCUT2D eigenvalue weighted by Crippen LogP contribution is 2.20. The quantitative estimate of drug-likeness (QED) is 0.655. The van der Waals surface area contributed by atoms with Crippen LogP contribution in [0.25, 0.3) is 0 Å². The molecule has 0 saturated carbocycles. The number of hydrogen-bond donors (Lipinski definition) is 1. The Balaban J connectivity index is 2.06. The summed E-state index contributed by atoms with van der Waals surface area (Å²) in [6, 6.07) is -0.634. The number of aryl methyl sites for hydroxylation is 1. The minimum Gasteiger partial charge on any atom is -0.350 e. The Labute approximate surface area is 127 Å². The van der Waals surface area contributed by atoms with E-state index in [1.54, 1.807) is 24.7 Å². The van der Waals surface area contributed by atoms with Gasteiger partial charge in [-0.2, -0.15) is 10.2 Å². The van der Waals surface area contributed by atoms with Crippen LogP contribution < -0.4 is 5.32 Å². The van der Waals surface area contributed by atoms with Gasteiger partial charge in [-0.05, 0) is 20.8 Å². The lowest BCUT2D eigenvalue weighted by Crippen LogP contribution is -2.31. The van der Waals surface area contributed by atoms with Crippen molar-refractivity contribution in [2.24, 2.45) is 7.05 Å². The van der Waals surface area contributed by atoms with Crippen LogP contribution in [0.3, 0.4) is 0 Å². The van der Waals surface area contributed by atoms with Gasteiger partial charge in [0.2, 0.25) is 5.91 Å². The van der Waals surface area contributed by atoms with Gasteiger partial charge in [-0.1, -0.05) is 0 Å². The third kappa shape index (κ3) is 2.83. The van der Waals surface area contributed by atoms with Crippen LogP contribution in [0.1, 0.15) is 29.9 Å². The van der Waals surface area contributed by atoms with Crippen LogP contribution in [0.15, 0.2) is 12.4 Å². The SMILES string of the molecule is Cc1c(CNC(=O)C(C)n2ncc([N+](=O)[O-])c2C)cnn1C. The number of nitrogens with zero attached hydrogens (tertiary/aromatic N) is 5. The van der Waals surface area contributed by atoms with Gasteiger partial charge in [-0.25, -0.2) is 0 Å². The van der Waals surface area contributed by atoms with Gasteiger partial charge in [0.15, 0.2) is 0 Å². The predicted octanol–water partition coefficient (Wildman–Crippen LogP) is 1.02. The number of carbonyl (C=O) groups is 1. The summed E-state index contributed by atoms with van der Waals surface area (Å²) in [5.74, 6) is -0.260. The molecule has 2 heterocycles. The molecule has 2 rings (SSSR count). The number of hydrogen-bond acceptors (Lipinski definition) is 5. The van der Waals surface area contributed by atoms with E-state index < -0.39 is 11.0 Å². The van der Waals surface area contributed by atoms with E-state index in [0.29, 0.717) is 12.2 Å². The van der Waals surface area contributed by atoms with Crippen molar-refractivity contribution in [2.75, 3.05) is 0 Å². The number of nitrogens with one attached hydrogen (secondary N) is 1. The van der Waals surface area contributed by atoms with Gasteiger partial charge in [0.1, 0.15) is 17.9 Å². The van der Waals surface area contributed by atoms with E-state index in [2.05, 4.69) is 15.5 Å². The molecule has 1 atom stereocenters. The molecule has 0 aliphatic heterocycles. The molecule has 0 spiro atoms. The van der Waals surface area contributed by atoms with E-state index in [-0.39, 0.29) is 11.6 Å². The van der Waals surface area contributed by atoms with Gasteiger partial charge in [-0.3, -0.25) is 24.3 Å². The van der Waals surface area contributed by atoms with Gasteiger partial charge < -0.3 is 5.32 Å². The van der Waals surface area contributed by atoms with Gasteiger partial charge >= 0.3 is 5.69 Å². The molecule has 2 aromatic heterocycles. The molecule has 0 radical (unpaired) electrons. The molecule has 0 fully saturated rings. The average Bonchev–Trinajstić information content (AvgIpc) is 3.00. The first kappa shape index (κ1) is 15.7. The lowest BCUT2D eigenvalue weighted by Gasteiger charge is -2.13. The van der Waals surface area contributed by atoms with Crippen molar-refractivity contribution in [3.63, 3.8) is 0 Å². The van der Waals surface area contributed by atoms with Crippen LogP contribution in [0.2, 0.25) is 0 Å². The van der Waals surface area contributed by atoms with Crippen molar-refractivity contribution in [1.29, 1.82) is 0 Å². The van der Waals surface area contributed by atoms with Crippen molar-refractivity contribution in [3.8, 4) is 0 Å². The second kappa shape index (κ2) is 5.96. The topological polar surface area (TPSA) is 108 Å². The molecule has 2 aromatic rings. The Morgan fingerprint density at radius 2 is 2.05 bits per heavy atom. The Morgan fingerprint density at radius 3 is 2.55 bits per heavy atom. The van der Waals surface area contributed by atoms with Crippen LogP contribution in [-0.2, 0) is 18.4 Å². The minimum absolute atomic E-state index is 0.0947. The molecule has 118 valence electrons. The lowest BCUT2D eigenvalue weighted by molar-refractivity contribution is -0.385. The zero-order valence-corrected chi connectivity index (χ0v) is 12.9. The number of amides is 1. The molecule has 22 heavy (non-hydrogen) atoms. The van der Waals surface area contributed by atoms with E-state index in [9.17, 15) is 14.9 Å². The summed E-state index contributed by atoms with van der Waals surface area (Å²) in [5.41, 5.74) is 2.15. The fourth-order valence-electron chi connectivity index (χ4n) is 2.14. The second-order valence-electron chi connectivity index (χ2n) is 5.09. The molecular weight excluding hydrogens is 288 g/mol. The molecule has 0 aliphatic carbocycles. The van der Waals surface area contributed by atoms with Crippen LogP contribution in [0.4, 0.5) is 5.69 Å². The zero-order chi connectivity index (χ0) is 16.4. The first-order chi connectivity index (χ1) is 10.3. The maximum atomic E-state index is 12.2. The fourth-order valence-corrected chi connectivity index (χ4v) is 2.14. The lowest BCUT2D eigenvalue weighted by atomic mass is 10.2. The van der Waals surface area contributed by atoms with E-state index in [0.717, 1.165) is 17.5 Å². The second-order valence-corrected chi connectivity index (χ2v) is 5.09.